The van der Waals surface area contributed by atoms with Gasteiger partial charge in [-0.15, -0.1) is 0 Å². The van der Waals surface area contributed by atoms with Crippen LogP contribution in [0.4, 0.5) is 11.4 Å². The van der Waals surface area contributed by atoms with Gasteiger partial charge in [-0.3, -0.25) is 4.79 Å². The lowest BCUT2D eigenvalue weighted by Gasteiger charge is -2.20. The molecule has 0 spiro atoms. The molecule has 5 heteroatoms. The van der Waals surface area contributed by atoms with Crippen molar-refractivity contribution in [3.05, 3.63) is 23.2 Å². The molecule has 104 valence electrons. The van der Waals surface area contributed by atoms with Crippen LogP contribution in [0.25, 0.3) is 0 Å². The molecule has 1 aliphatic heterocycles. The Hall–Kier alpha value is -1.26. The second-order valence-electron chi connectivity index (χ2n) is 5.08. The predicted octanol–water partition coefficient (Wildman–Crippen LogP) is 2.49. The maximum atomic E-state index is 12.0. The van der Waals surface area contributed by atoms with Crippen LogP contribution in [0, 0.1) is 0 Å². The normalized spacial score (nSPS) is 18.4. The molecule has 0 aliphatic carbocycles. The molecule has 0 saturated carbocycles. The smallest absolute Gasteiger partial charge is 0.225 e. The number of nitrogens with zero attached hydrogens (tertiary/aromatic N) is 1. The highest BCUT2D eigenvalue weighted by Gasteiger charge is 2.19. The number of hydrogen-bond acceptors (Lipinski definition) is 3. The number of carbonyl (C=O) groups excluding carboxylic acids is 1. The first-order valence-electron chi connectivity index (χ1n) is 6.57. The van der Waals surface area contributed by atoms with E-state index in [0.29, 0.717) is 17.5 Å². The first-order chi connectivity index (χ1) is 9.08. The molecule has 1 atom stereocenters. The van der Waals surface area contributed by atoms with Crippen LogP contribution in [-0.4, -0.2) is 32.6 Å². The van der Waals surface area contributed by atoms with Crippen molar-refractivity contribution < 1.29 is 4.79 Å². The largest absolute Gasteiger partial charge is 0.375 e. The molecule has 1 saturated heterocycles. The predicted molar refractivity (Wildman–Crippen MR) is 80.1 cm³/mol. The van der Waals surface area contributed by atoms with Crippen LogP contribution in [0.3, 0.4) is 0 Å². The van der Waals surface area contributed by atoms with Gasteiger partial charge in [-0.25, -0.2) is 0 Å². The summed E-state index contributed by atoms with van der Waals surface area (Å²) < 4.78 is 0. The molecular formula is C14H20ClN3O. The first kappa shape index (κ1) is 14.2. The number of amides is 1. The molecular weight excluding hydrogens is 262 g/mol. The van der Waals surface area contributed by atoms with Crippen molar-refractivity contribution in [2.24, 2.45) is 0 Å². The molecule has 19 heavy (non-hydrogen) atoms. The molecule has 1 unspecified atom stereocenters. The summed E-state index contributed by atoms with van der Waals surface area (Å²) in [5.41, 5.74) is 1.61. The van der Waals surface area contributed by atoms with E-state index in [1.54, 1.807) is 0 Å². The molecule has 1 aliphatic rings. The Kier molecular flexibility index (Phi) is 4.66. The van der Waals surface area contributed by atoms with E-state index >= 15 is 0 Å². The van der Waals surface area contributed by atoms with E-state index in [2.05, 4.69) is 10.6 Å². The Balaban J connectivity index is 2.05. The van der Waals surface area contributed by atoms with Gasteiger partial charge in [0.1, 0.15) is 0 Å². The maximum Gasteiger partial charge on any atom is 0.225 e. The lowest BCUT2D eigenvalue weighted by atomic mass is 10.1. The van der Waals surface area contributed by atoms with Crippen LogP contribution in [-0.2, 0) is 4.79 Å². The highest BCUT2D eigenvalue weighted by Crippen LogP contribution is 2.32. The number of halogens is 1. The summed E-state index contributed by atoms with van der Waals surface area (Å²) in [5, 5.41) is 6.92. The zero-order valence-corrected chi connectivity index (χ0v) is 12.1. The summed E-state index contributed by atoms with van der Waals surface area (Å²) in [5.74, 6) is 0.0322. The number of para-hydroxylation sites is 1. The molecule has 4 nitrogen and oxygen atoms in total. The highest BCUT2D eigenvalue weighted by molar-refractivity contribution is 6.34. The van der Waals surface area contributed by atoms with E-state index in [9.17, 15) is 4.79 Å². The van der Waals surface area contributed by atoms with Gasteiger partial charge in [-0.1, -0.05) is 17.7 Å². The van der Waals surface area contributed by atoms with E-state index in [-0.39, 0.29) is 5.91 Å². The average molecular weight is 282 g/mol. The van der Waals surface area contributed by atoms with Crippen LogP contribution >= 0.6 is 11.6 Å². The Morgan fingerprint density at radius 2 is 2.32 bits per heavy atom. The van der Waals surface area contributed by atoms with Crippen molar-refractivity contribution in [3.8, 4) is 0 Å². The number of hydrogen-bond donors (Lipinski definition) is 2. The minimum absolute atomic E-state index is 0.0322. The summed E-state index contributed by atoms with van der Waals surface area (Å²) in [4.78, 5) is 14.0. The van der Waals surface area contributed by atoms with Crippen molar-refractivity contribution in [2.75, 3.05) is 30.9 Å². The quantitative estimate of drug-likeness (QED) is 0.891. The van der Waals surface area contributed by atoms with Gasteiger partial charge in [-0.2, -0.15) is 0 Å². The minimum atomic E-state index is 0.0322. The standard InChI is InChI=1S/C14H20ClN3O/c1-18(2)14-11(15)6-3-7-12(14)17-13(19)9-10-5-4-8-16-10/h3,6-7,10,16H,4-5,8-9H2,1-2H3,(H,17,19). The van der Waals surface area contributed by atoms with E-state index < -0.39 is 0 Å². The van der Waals surface area contributed by atoms with E-state index in [1.807, 2.05) is 37.2 Å². The fourth-order valence-corrected chi connectivity index (χ4v) is 2.77. The number of nitrogens with one attached hydrogen (secondary N) is 2. The Bertz CT molecular complexity index is 456. The lowest BCUT2D eigenvalue weighted by Crippen LogP contribution is -2.28. The average Bonchev–Trinajstić information content (AvgIpc) is 2.81. The summed E-state index contributed by atoms with van der Waals surface area (Å²) in [6, 6.07) is 5.85. The molecule has 0 radical (unpaired) electrons. The van der Waals surface area contributed by atoms with Crippen molar-refractivity contribution in [1.82, 2.24) is 5.32 Å². The Labute approximate surface area is 119 Å². The molecule has 0 bridgehead atoms. The number of benzene rings is 1. The molecule has 2 N–H and O–H groups in total. The van der Waals surface area contributed by atoms with E-state index in [1.165, 1.54) is 0 Å². The number of carbonyl (C=O) groups is 1. The summed E-state index contributed by atoms with van der Waals surface area (Å²) in [6.45, 7) is 1.01. The zero-order valence-electron chi connectivity index (χ0n) is 11.4. The fraction of sp³-hybridized carbons (Fsp3) is 0.500. The molecule has 1 amide bonds. The van der Waals surface area contributed by atoms with Crippen molar-refractivity contribution in [3.63, 3.8) is 0 Å². The molecule has 1 heterocycles. The Morgan fingerprint density at radius 1 is 1.53 bits per heavy atom. The SMILES string of the molecule is CN(C)c1c(Cl)cccc1NC(=O)CC1CCCN1. The van der Waals surface area contributed by atoms with Crippen LogP contribution in [0.2, 0.25) is 5.02 Å². The van der Waals surface area contributed by atoms with Crippen molar-refractivity contribution in [1.29, 1.82) is 0 Å². The van der Waals surface area contributed by atoms with Gasteiger partial charge in [0.05, 0.1) is 16.4 Å². The number of anilines is 2. The third kappa shape index (κ3) is 3.61. The Morgan fingerprint density at radius 3 is 2.95 bits per heavy atom. The molecule has 0 aromatic heterocycles. The molecule has 2 rings (SSSR count). The van der Waals surface area contributed by atoms with Gasteiger partial charge in [0.2, 0.25) is 5.91 Å². The fourth-order valence-electron chi connectivity index (χ4n) is 2.43. The minimum Gasteiger partial charge on any atom is -0.375 e. The third-order valence-electron chi connectivity index (χ3n) is 3.30. The summed E-state index contributed by atoms with van der Waals surface area (Å²) in [6.07, 6.45) is 2.74. The van der Waals surface area contributed by atoms with E-state index in [0.717, 1.165) is 30.8 Å². The first-order valence-corrected chi connectivity index (χ1v) is 6.95. The zero-order chi connectivity index (χ0) is 13.8. The second-order valence-corrected chi connectivity index (χ2v) is 5.48. The van der Waals surface area contributed by atoms with Crippen LogP contribution in [0.1, 0.15) is 19.3 Å². The highest BCUT2D eigenvalue weighted by atomic mass is 35.5. The maximum absolute atomic E-state index is 12.0. The monoisotopic (exact) mass is 281 g/mol. The van der Waals surface area contributed by atoms with Gasteiger partial charge < -0.3 is 15.5 Å². The second kappa shape index (κ2) is 6.26. The van der Waals surface area contributed by atoms with Gasteiger partial charge in [-0.05, 0) is 31.5 Å². The van der Waals surface area contributed by atoms with Gasteiger partial charge >= 0.3 is 0 Å². The van der Waals surface area contributed by atoms with Crippen LogP contribution in [0.15, 0.2) is 18.2 Å². The third-order valence-corrected chi connectivity index (χ3v) is 3.61. The number of rotatable bonds is 4. The van der Waals surface area contributed by atoms with Gasteiger partial charge in [0, 0.05) is 26.6 Å². The molecule has 1 aromatic rings. The molecule has 1 aromatic carbocycles. The van der Waals surface area contributed by atoms with Gasteiger partial charge in [0.15, 0.2) is 0 Å². The van der Waals surface area contributed by atoms with Crippen molar-refractivity contribution >= 4 is 28.9 Å². The lowest BCUT2D eigenvalue weighted by molar-refractivity contribution is -0.116. The summed E-state index contributed by atoms with van der Waals surface area (Å²) >= 11 is 6.17. The van der Waals surface area contributed by atoms with E-state index in [4.69, 9.17) is 11.6 Å². The summed E-state index contributed by atoms with van der Waals surface area (Å²) in [7, 11) is 3.82. The topological polar surface area (TPSA) is 44.4 Å². The van der Waals surface area contributed by atoms with Crippen molar-refractivity contribution in [2.45, 2.75) is 25.3 Å². The molecule has 1 fully saturated rings. The van der Waals surface area contributed by atoms with Crippen LogP contribution in [0.5, 0.6) is 0 Å². The van der Waals surface area contributed by atoms with Gasteiger partial charge in [0.25, 0.3) is 0 Å². The van der Waals surface area contributed by atoms with Crippen LogP contribution < -0.4 is 15.5 Å².